The summed E-state index contributed by atoms with van der Waals surface area (Å²) in [5, 5.41) is 0. The van der Waals surface area contributed by atoms with Crippen molar-refractivity contribution in [2.75, 3.05) is 46.9 Å². The molecule has 3 heterocycles. The summed E-state index contributed by atoms with van der Waals surface area (Å²) in [5.74, 6) is 0.671. The quantitative estimate of drug-likeness (QED) is 0.760. The average molecular weight is 344 g/mol. The second kappa shape index (κ2) is 8.08. The van der Waals surface area contributed by atoms with Crippen LogP contribution in [0.1, 0.15) is 17.7 Å². The highest BCUT2D eigenvalue weighted by Crippen LogP contribution is 2.17. The fraction of sp³-hybridized carbons (Fsp3) is 0.579. The predicted molar refractivity (Wildman–Crippen MR) is 99.0 cm³/mol. The van der Waals surface area contributed by atoms with Gasteiger partial charge in [0, 0.05) is 45.6 Å². The molecule has 0 N–H and O–H groups in total. The van der Waals surface area contributed by atoms with Gasteiger partial charge in [-0.1, -0.05) is 6.07 Å². The Kier molecular flexibility index (Phi) is 5.83. The topological polar surface area (TPSA) is 50.1 Å². The van der Waals surface area contributed by atoms with Gasteiger partial charge in [0.2, 0.25) is 0 Å². The molecule has 1 atom stereocenters. The number of ether oxygens (including phenoxy) is 1. The summed E-state index contributed by atoms with van der Waals surface area (Å²) in [7, 11) is 3.86. The molecule has 2 aromatic rings. The SMILES string of the molecule is COCCN1CCC(CN(C)Cc2cc(=O)n3cccc(C)c3n2)C1. The molecule has 0 spiro atoms. The van der Waals surface area contributed by atoms with Gasteiger partial charge in [-0.25, -0.2) is 4.98 Å². The number of likely N-dealkylation sites (tertiary alicyclic amines) is 1. The molecule has 6 heteroatoms. The molecule has 2 aromatic heterocycles. The normalized spacial score (nSPS) is 18.5. The van der Waals surface area contributed by atoms with Crippen LogP contribution in [-0.2, 0) is 11.3 Å². The Morgan fingerprint density at radius 2 is 2.28 bits per heavy atom. The van der Waals surface area contributed by atoms with E-state index in [0.29, 0.717) is 12.5 Å². The summed E-state index contributed by atoms with van der Waals surface area (Å²) >= 11 is 0. The Bertz CT molecular complexity index is 774. The molecule has 25 heavy (non-hydrogen) atoms. The van der Waals surface area contributed by atoms with Gasteiger partial charge in [-0.05, 0) is 44.5 Å². The lowest BCUT2D eigenvalue weighted by Gasteiger charge is -2.21. The molecule has 1 aliphatic rings. The van der Waals surface area contributed by atoms with Gasteiger partial charge in [-0.15, -0.1) is 0 Å². The number of aryl methyl sites for hydroxylation is 1. The zero-order valence-electron chi connectivity index (χ0n) is 15.4. The van der Waals surface area contributed by atoms with Crippen LogP contribution in [0.15, 0.2) is 29.2 Å². The minimum atomic E-state index is -0.0105. The zero-order valence-corrected chi connectivity index (χ0v) is 15.4. The Morgan fingerprint density at radius 3 is 3.08 bits per heavy atom. The molecule has 1 unspecified atom stereocenters. The highest BCUT2D eigenvalue weighted by molar-refractivity contribution is 5.46. The van der Waals surface area contributed by atoms with Crippen molar-refractivity contribution in [1.29, 1.82) is 0 Å². The van der Waals surface area contributed by atoms with E-state index in [4.69, 9.17) is 9.72 Å². The molecule has 0 saturated carbocycles. The van der Waals surface area contributed by atoms with Gasteiger partial charge < -0.3 is 14.5 Å². The smallest absolute Gasteiger partial charge is 0.258 e. The highest BCUT2D eigenvalue weighted by atomic mass is 16.5. The van der Waals surface area contributed by atoms with Crippen LogP contribution in [0.3, 0.4) is 0 Å². The molecule has 0 aliphatic carbocycles. The van der Waals surface area contributed by atoms with Crippen LogP contribution in [0.5, 0.6) is 0 Å². The molecule has 0 radical (unpaired) electrons. The van der Waals surface area contributed by atoms with Crippen LogP contribution in [0.25, 0.3) is 5.65 Å². The molecule has 6 nitrogen and oxygen atoms in total. The number of methoxy groups -OCH3 is 1. The average Bonchev–Trinajstić information content (AvgIpc) is 3.01. The van der Waals surface area contributed by atoms with Crippen molar-refractivity contribution in [3.63, 3.8) is 0 Å². The number of hydrogen-bond acceptors (Lipinski definition) is 5. The van der Waals surface area contributed by atoms with E-state index < -0.39 is 0 Å². The number of fused-ring (bicyclic) bond motifs is 1. The lowest BCUT2D eigenvalue weighted by Crippen LogP contribution is -2.30. The van der Waals surface area contributed by atoms with Gasteiger partial charge in [-0.3, -0.25) is 9.20 Å². The van der Waals surface area contributed by atoms with E-state index in [1.807, 2.05) is 19.1 Å². The van der Waals surface area contributed by atoms with E-state index in [-0.39, 0.29) is 5.56 Å². The highest BCUT2D eigenvalue weighted by Gasteiger charge is 2.23. The van der Waals surface area contributed by atoms with Crippen LogP contribution in [0, 0.1) is 12.8 Å². The van der Waals surface area contributed by atoms with E-state index in [0.717, 1.165) is 49.7 Å². The van der Waals surface area contributed by atoms with E-state index in [1.54, 1.807) is 23.8 Å². The molecule has 1 aliphatic heterocycles. The number of aromatic nitrogens is 2. The van der Waals surface area contributed by atoms with Crippen LogP contribution < -0.4 is 5.56 Å². The lowest BCUT2D eigenvalue weighted by atomic mass is 10.1. The van der Waals surface area contributed by atoms with Gasteiger partial charge in [0.1, 0.15) is 5.65 Å². The number of pyridine rings is 1. The first-order valence-corrected chi connectivity index (χ1v) is 8.94. The standard InChI is InChI=1S/C19H28N4O2/c1-15-5-4-7-23-18(24)11-17(20-19(15)23)14-21(2)12-16-6-8-22(13-16)9-10-25-3/h4-5,7,11,16H,6,8-10,12-14H2,1-3H3. The van der Waals surface area contributed by atoms with Crippen molar-refractivity contribution < 1.29 is 4.74 Å². The monoisotopic (exact) mass is 344 g/mol. The molecule has 3 rings (SSSR count). The molecule has 0 aromatic carbocycles. The van der Waals surface area contributed by atoms with Gasteiger partial charge >= 0.3 is 0 Å². The number of rotatable bonds is 7. The summed E-state index contributed by atoms with van der Waals surface area (Å²) < 4.78 is 6.78. The Labute approximate surface area is 149 Å². The lowest BCUT2D eigenvalue weighted by molar-refractivity contribution is 0.157. The number of hydrogen-bond donors (Lipinski definition) is 0. The summed E-state index contributed by atoms with van der Waals surface area (Å²) in [4.78, 5) is 21.8. The van der Waals surface area contributed by atoms with Crippen molar-refractivity contribution >= 4 is 5.65 Å². The van der Waals surface area contributed by atoms with Crippen molar-refractivity contribution in [1.82, 2.24) is 19.2 Å². The summed E-state index contributed by atoms with van der Waals surface area (Å²) in [6, 6.07) is 5.53. The second-order valence-corrected chi connectivity index (χ2v) is 7.12. The maximum Gasteiger partial charge on any atom is 0.258 e. The predicted octanol–water partition coefficient (Wildman–Crippen LogP) is 1.40. The van der Waals surface area contributed by atoms with Crippen LogP contribution in [-0.4, -0.2) is 66.1 Å². The van der Waals surface area contributed by atoms with Gasteiger partial charge in [0.25, 0.3) is 5.56 Å². The first kappa shape index (κ1) is 18.0. The van der Waals surface area contributed by atoms with Crippen molar-refractivity contribution in [3.05, 3.63) is 46.0 Å². The fourth-order valence-corrected chi connectivity index (χ4v) is 3.66. The van der Waals surface area contributed by atoms with E-state index in [9.17, 15) is 4.79 Å². The second-order valence-electron chi connectivity index (χ2n) is 7.12. The maximum absolute atomic E-state index is 12.3. The molecular weight excluding hydrogens is 316 g/mol. The number of nitrogens with zero attached hydrogens (tertiary/aromatic N) is 4. The van der Waals surface area contributed by atoms with Crippen LogP contribution in [0.4, 0.5) is 0 Å². The largest absolute Gasteiger partial charge is 0.383 e. The summed E-state index contributed by atoms with van der Waals surface area (Å²) in [6.07, 6.45) is 3.00. The van der Waals surface area contributed by atoms with E-state index in [2.05, 4.69) is 16.8 Å². The van der Waals surface area contributed by atoms with Gasteiger partial charge in [-0.2, -0.15) is 0 Å². The first-order chi connectivity index (χ1) is 12.1. The third-order valence-corrected chi connectivity index (χ3v) is 4.92. The van der Waals surface area contributed by atoms with Crippen molar-refractivity contribution in [2.45, 2.75) is 19.9 Å². The van der Waals surface area contributed by atoms with Gasteiger partial charge in [0.15, 0.2) is 0 Å². The molecule has 1 fully saturated rings. The van der Waals surface area contributed by atoms with Crippen LogP contribution in [0.2, 0.25) is 0 Å². The molecule has 136 valence electrons. The third kappa shape index (κ3) is 4.45. The third-order valence-electron chi connectivity index (χ3n) is 4.92. The minimum Gasteiger partial charge on any atom is -0.383 e. The summed E-state index contributed by atoms with van der Waals surface area (Å²) in [6.45, 7) is 7.80. The Balaban J connectivity index is 1.62. The molecule has 0 amide bonds. The molecule has 1 saturated heterocycles. The summed E-state index contributed by atoms with van der Waals surface area (Å²) in [5.41, 5.74) is 2.61. The van der Waals surface area contributed by atoms with E-state index in [1.165, 1.54) is 6.42 Å². The van der Waals surface area contributed by atoms with Crippen molar-refractivity contribution in [2.24, 2.45) is 5.92 Å². The zero-order chi connectivity index (χ0) is 17.8. The Morgan fingerprint density at radius 1 is 1.44 bits per heavy atom. The van der Waals surface area contributed by atoms with Crippen LogP contribution >= 0.6 is 0 Å². The Hall–Kier alpha value is -1.76. The van der Waals surface area contributed by atoms with Crippen molar-refractivity contribution in [3.8, 4) is 0 Å². The molecular formula is C19H28N4O2. The maximum atomic E-state index is 12.3. The molecule has 0 bridgehead atoms. The fourth-order valence-electron chi connectivity index (χ4n) is 3.66. The van der Waals surface area contributed by atoms with Gasteiger partial charge in [0.05, 0.1) is 12.3 Å². The minimum absolute atomic E-state index is 0.0105. The van der Waals surface area contributed by atoms with E-state index >= 15 is 0 Å². The first-order valence-electron chi connectivity index (χ1n) is 8.94.